The molecule has 0 radical (unpaired) electrons. The molecule has 0 saturated carbocycles. The third-order valence-electron chi connectivity index (χ3n) is 3.72. The molecule has 0 atom stereocenters. The topological polar surface area (TPSA) is 102 Å². The molecule has 136 valence electrons. The smallest absolute Gasteiger partial charge is 0.273 e. The van der Waals surface area contributed by atoms with Crippen molar-refractivity contribution in [3.63, 3.8) is 0 Å². The van der Waals surface area contributed by atoms with Crippen LogP contribution in [0.15, 0.2) is 41.3 Å². The third-order valence-corrected chi connectivity index (χ3v) is 3.72. The van der Waals surface area contributed by atoms with E-state index in [1.165, 1.54) is 0 Å². The second kappa shape index (κ2) is 8.19. The molecule has 0 aliphatic rings. The average Bonchev–Trinajstić information content (AvgIpc) is 3.32. The fraction of sp³-hybridized carbons (Fsp3) is 0.278. The van der Waals surface area contributed by atoms with Crippen LogP contribution in [0.3, 0.4) is 0 Å². The van der Waals surface area contributed by atoms with Gasteiger partial charge in [-0.25, -0.2) is 4.98 Å². The summed E-state index contributed by atoms with van der Waals surface area (Å²) in [4.78, 5) is 19.0. The van der Waals surface area contributed by atoms with Crippen molar-refractivity contribution in [2.45, 2.75) is 20.0 Å². The van der Waals surface area contributed by atoms with Crippen molar-refractivity contribution in [1.29, 1.82) is 0 Å². The molecular weight excluding hydrogens is 336 g/mol. The van der Waals surface area contributed by atoms with Crippen molar-refractivity contribution in [2.75, 3.05) is 13.7 Å². The number of hydrogen-bond donors (Lipinski definition) is 2. The summed E-state index contributed by atoms with van der Waals surface area (Å²) >= 11 is 0. The van der Waals surface area contributed by atoms with Crippen LogP contribution in [0.5, 0.6) is 11.5 Å². The number of carbonyl (C=O) groups is 1. The number of aromatic nitrogens is 3. The van der Waals surface area contributed by atoms with Gasteiger partial charge >= 0.3 is 0 Å². The standard InChI is InChI=1S/C18H20N4O4/c1-12-3-4-16(17(7-12)24-2)25-10-14-8-15(22-26-14)18(23)20-6-5-13-9-19-11-21-13/h3-4,7-9,11H,5-6,10H2,1-2H3,(H,19,21)(H,20,23). The Morgan fingerprint density at radius 1 is 1.31 bits per heavy atom. The van der Waals surface area contributed by atoms with Gasteiger partial charge in [0.1, 0.15) is 6.61 Å². The predicted molar refractivity (Wildman–Crippen MR) is 93.2 cm³/mol. The van der Waals surface area contributed by atoms with Gasteiger partial charge < -0.3 is 24.3 Å². The van der Waals surface area contributed by atoms with E-state index >= 15 is 0 Å². The molecule has 1 aromatic carbocycles. The SMILES string of the molecule is COc1cc(C)ccc1OCc1cc(C(=O)NCCc2cnc[nH]2)no1. The number of methoxy groups -OCH3 is 1. The summed E-state index contributed by atoms with van der Waals surface area (Å²) in [6, 6.07) is 7.20. The van der Waals surface area contributed by atoms with Crippen LogP contribution in [-0.4, -0.2) is 34.7 Å². The molecule has 1 amide bonds. The van der Waals surface area contributed by atoms with Crippen LogP contribution >= 0.6 is 0 Å². The fourth-order valence-corrected chi connectivity index (χ4v) is 2.35. The van der Waals surface area contributed by atoms with Crippen LogP contribution in [0, 0.1) is 6.92 Å². The number of nitrogens with one attached hydrogen (secondary N) is 2. The zero-order valence-electron chi connectivity index (χ0n) is 14.6. The minimum absolute atomic E-state index is 0.147. The number of aryl methyl sites for hydroxylation is 1. The van der Waals surface area contributed by atoms with Gasteiger partial charge in [-0.05, 0) is 24.6 Å². The summed E-state index contributed by atoms with van der Waals surface area (Å²) in [6.07, 6.45) is 3.98. The van der Waals surface area contributed by atoms with E-state index in [0.717, 1.165) is 11.3 Å². The number of amides is 1. The van der Waals surface area contributed by atoms with Crippen molar-refractivity contribution in [3.8, 4) is 11.5 Å². The van der Waals surface area contributed by atoms with E-state index in [9.17, 15) is 4.79 Å². The Balaban J connectivity index is 1.52. The maximum Gasteiger partial charge on any atom is 0.273 e. The largest absolute Gasteiger partial charge is 0.493 e. The van der Waals surface area contributed by atoms with Crippen molar-refractivity contribution >= 4 is 5.91 Å². The summed E-state index contributed by atoms with van der Waals surface area (Å²) in [7, 11) is 1.59. The number of hydrogen-bond acceptors (Lipinski definition) is 6. The molecule has 0 aliphatic heterocycles. The van der Waals surface area contributed by atoms with Crippen LogP contribution < -0.4 is 14.8 Å². The van der Waals surface area contributed by atoms with Gasteiger partial charge in [0.25, 0.3) is 5.91 Å². The summed E-state index contributed by atoms with van der Waals surface area (Å²) < 4.78 is 16.1. The van der Waals surface area contributed by atoms with Gasteiger partial charge in [0.05, 0.1) is 13.4 Å². The Hall–Kier alpha value is -3.29. The number of imidazole rings is 1. The van der Waals surface area contributed by atoms with Crippen molar-refractivity contribution in [3.05, 3.63) is 59.5 Å². The first-order valence-electron chi connectivity index (χ1n) is 8.14. The monoisotopic (exact) mass is 356 g/mol. The lowest BCUT2D eigenvalue weighted by Gasteiger charge is -2.09. The first kappa shape index (κ1) is 17.5. The highest BCUT2D eigenvalue weighted by Crippen LogP contribution is 2.28. The minimum Gasteiger partial charge on any atom is -0.493 e. The molecule has 0 aliphatic carbocycles. The van der Waals surface area contributed by atoms with E-state index in [0.29, 0.717) is 30.2 Å². The summed E-state index contributed by atoms with van der Waals surface area (Å²) in [5.74, 6) is 1.39. The van der Waals surface area contributed by atoms with Crippen molar-refractivity contribution < 1.29 is 18.8 Å². The molecule has 2 N–H and O–H groups in total. The molecule has 2 heterocycles. The van der Waals surface area contributed by atoms with Gasteiger partial charge in [-0.15, -0.1) is 0 Å². The lowest BCUT2D eigenvalue weighted by atomic mass is 10.2. The van der Waals surface area contributed by atoms with Crippen molar-refractivity contribution in [2.24, 2.45) is 0 Å². The molecule has 3 rings (SSSR count). The molecule has 0 saturated heterocycles. The number of nitrogens with zero attached hydrogens (tertiary/aromatic N) is 2. The number of benzene rings is 1. The molecular formula is C18H20N4O4. The Morgan fingerprint density at radius 2 is 2.19 bits per heavy atom. The second-order valence-corrected chi connectivity index (χ2v) is 5.70. The molecule has 0 fully saturated rings. The van der Waals surface area contributed by atoms with Gasteiger partial charge in [-0.2, -0.15) is 0 Å². The van der Waals surface area contributed by atoms with Crippen LogP contribution in [-0.2, 0) is 13.0 Å². The Bertz CT molecular complexity index is 858. The van der Waals surface area contributed by atoms with E-state index < -0.39 is 0 Å². The molecule has 0 bridgehead atoms. The third kappa shape index (κ3) is 4.41. The quantitative estimate of drug-likeness (QED) is 0.642. The Morgan fingerprint density at radius 3 is 2.96 bits per heavy atom. The van der Waals surface area contributed by atoms with Gasteiger partial charge in [-0.1, -0.05) is 11.2 Å². The Kier molecular flexibility index (Phi) is 5.52. The molecule has 0 unspecified atom stereocenters. The highest BCUT2D eigenvalue weighted by molar-refractivity contribution is 5.92. The van der Waals surface area contributed by atoms with Gasteiger partial charge in [0.15, 0.2) is 23.0 Å². The maximum absolute atomic E-state index is 12.1. The zero-order chi connectivity index (χ0) is 18.4. The van der Waals surface area contributed by atoms with Crippen LogP contribution in [0.25, 0.3) is 0 Å². The van der Waals surface area contributed by atoms with E-state index in [4.69, 9.17) is 14.0 Å². The van der Waals surface area contributed by atoms with Crippen molar-refractivity contribution in [1.82, 2.24) is 20.4 Å². The molecule has 3 aromatic rings. The Labute approximate surface area is 150 Å². The van der Waals surface area contributed by atoms with Gasteiger partial charge in [-0.3, -0.25) is 4.79 Å². The van der Waals surface area contributed by atoms with E-state index in [1.54, 1.807) is 25.7 Å². The number of rotatable bonds is 8. The number of aromatic amines is 1. The lowest BCUT2D eigenvalue weighted by Crippen LogP contribution is -2.26. The molecule has 8 heteroatoms. The first-order chi connectivity index (χ1) is 12.7. The van der Waals surface area contributed by atoms with E-state index in [1.807, 2.05) is 25.1 Å². The lowest BCUT2D eigenvalue weighted by molar-refractivity contribution is 0.0944. The maximum atomic E-state index is 12.1. The number of ether oxygens (including phenoxy) is 2. The number of H-pyrrole nitrogens is 1. The summed E-state index contributed by atoms with van der Waals surface area (Å²) in [5.41, 5.74) is 2.23. The molecule has 8 nitrogen and oxygen atoms in total. The molecule has 26 heavy (non-hydrogen) atoms. The van der Waals surface area contributed by atoms with Crippen LogP contribution in [0.1, 0.15) is 27.5 Å². The van der Waals surface area contributed by atoms with E-state index in [2.05, 4.69) is 20.4 Å². The second-order valence-electron chi connectivity index (χ2n) is 5.70. The van der Waals surface area contributed by atoms with E-state index in [-0.39, 0.29) is 18.2 Å². The number of carbonyl (C=O) groups excluding carboxylic acids is 1. The normalized spacial score (nSPS) is 10.5. The predicted octanol–water partition coefficient (Wildman–Crippen LogP) is 2.27. The summed E-state index contributed by atoms with van der Waals surface area (Å²) in [6.45, 7) is 2.59. The van der Waals surface area contributed by atoms with Gasteiger partial charge in [0.2, 0.25) is 0 Å². The minimum atomic E-state index is -0.299. The first-order valence-corrected chi connectivity index (χ1v) is 8.14. The highest BCUT2D eigenvalue weighted by Gasteiger charge is 2.13. The highest BCUT2D eigenvalue weighted by atomic mass is 16.5. The van der Waals surface area contributed by atoms with Crippen LogP contribution in [0.4, 0.5) is 0 Å². The fourth-order valence-electron chi connectivity index (χ4n) is 2.35. The average molecular weight is 356 g/mol. The van der Waals surface area contributed by atoms with Crippen LogP contribution in [0.2, 0.25) is 0 Å². The molecule has 0 spiro atoms. The zero-order valence-corrected chi connectivity index (χ0v) is 14.6. The summed E-state index contributed by atoms with van der Waals surface area (Å²) in [5, 5.41) is 6.56. The molecule has 2 aromatic heterocycles. The van der Waals surface area contributed by atoms with Gasteiger partial charge in [0, 0.05) is 30.9 Å².